The van der Waals surface area contributed by atoms with Crippen LogP contribution in [-0.4, -0.2) is 13.2 Å². The smallest absolute Gasteiger partial charge is 0.119 e. The number of nitrogens with two attached hydrogens (primary N) is 1. The van der Waals surface area contributed by atoms with Crippen molar-refractivity contribution in [1.82, 2.24) is 0 Å². The fraction of sp³-hybridized carbons (Fsp3) is 0.600. The van der Waals surface area contributed by atoms with Crippen LogP contribution < -0.4 is 10.1 Å². The molecule has 0 heterocycles. The predicted octanol–water partition coefficient (Wildman–Crippen LogP) is 2.48. The summed E-state index contributed by atoms with van der Waals surface area (Å²) in [5.74, 6) is 0.969. The van der Waals surface area contributed by atoms with Gasteiger partial charge < -0.3 is 10.1 Å². The highest BCUT2D eigenvalue weighted by Crippen LogP contribution is 2.15. The largest absolute Gasteiger partial charge is 0.497 e. The van der Waals surface area contributed by atoms with Gasteiger partial charge in [0.15, 0.2) is 0 Å². The van der Waals surface area contributed by atoms with Gasteiger partial charge in [-0.05, 0) is 37.8 Å². The molecule has 2 N–H and O–H groups in total. The van der Waals surface area contributed by atoms with E-state index in [-0.39, 0.29) is 0 Å². The van der Waals surface area contributed by atoms with Gasteiger partial charge in [-0.2, -0.15) is 0 Å². The third-order valence-electron chi connectivity index (χ3n) is 3.72. The van der Waals surface area contributed by atoms with Crippen molar-refractivity contribution in [1.29, 1.82) is 0 Å². The number of hydrogen-bond donors (Lipinski definition) is 1. The molecule has 0 unspecified atom stereocenters. The number of ether oxygens (including phenoxy) is 1. The van der Waals surface area contributed by atoms with Crippen LogP contribution in [0.1, 0.15) is 44.1 Å². The summed E-state index contributed by atoms with van der Waals surface area (Å²) in [6.45, 7) is 1.09. The minimum absolute atomic E-state index is 0.837. The molecule has 0 atom stereocenters. The van der Waals surface area contributed by atoms with Crippen LogP contribution in [0.5, 0.6) is 5.75 Å². The minimum atomic E-state index is 0.837. The second-order valence-electron chi connectivity index (χ2n) is 5.04. The van der Waals surface area contributed by atoms with Crippen LogP contribution in [0.4, 0.5) is 0 Å². The van der Waals surface area contributed by atoms with Crippen molar-refractivity contribution in [3.63, 3.8) is 0 Å². The summed E-state index contributed by atoms with van der Waals surface area (Å²) in [6.07, 6.45) is 8.49. The molecule has 94 valence electrons. The Labute approximate surface area is 104 Å². The zero-order valence-corrected chi connectivity index (χ0v) is 10.8. The maximum absolute atomic E-state index is 5.25. The molecule has 2 rings (SSSR count). The molecule has 17 heavy (non-hydrogen) atoms. The summed E-state index contributed by atoms with van der Waals surface area (Å²) in [5, 5.41) is 2.51. The normalized spacial score (nSPS) is 17.7. The molecule has 0 radical (unpaired) electrons. The summed E-state index contributed by atoms with van der Waals surface area (Å²) >= 11 is 0. The van der Waals surface area contributed by atoms with Gasteiger partial charge in [-0.3, -0.25) is 0 Å². The monoisotopic (exact) mass is 234 g/mol. The summed E-state index contributed by atoms with van der Waals surface area (Å²) in [7, 11) is 1.73. The van der Waals surface area contributed by atoms with Gasteiger partial charge in [0.05, 0.1) is 13.2 Å². The molecular weight excluding hydrogens is 210 g/mol. The van der Waals surface area contributed by atoms with Crippen LogP contribution >= 0.6 is 0 Å². The van der Waals surface area contributed by atoms with E-state index in [1.165, 1.54) is 44.1 Å². The van der Waals surface area contributed by atoms with E-state index in [4.69, 9.17) is 4.74 Å². The van der Waals surface area contributed by atoms with Crippen molar-refractivity contribution < 1.29 is 10.1 Å². The van der Waals surface area contributed by atoms with Gasteiger partial charge in [-0.25, -0.2) is 0 Å². The highest BCUT2D eigenvalue weighted by Gasteiger charge is 2.14. The van der Waals surface area contributed by atoms with E-state index in [2.05, 4.69) is 23.5 Å². The van der Waals surface area contributed by atoms with Crippen molar-refractivity contribution in [2.45, 2.75) is 51.1 Å². The maximum atomic E-state index is 5.25. The third-order valence-corrected chi connectivity index (χ3v) is 3.72. The first-order chi connectivity index (χ1) is 8.38. The molecule has 1 fully saturated rings. The molecule has 0 aromatic heterocycles. The number of rotatable bonds is 4. The van der Waals surface area contributed by atoms with E-state index in [1.807, 2.05) is 6.07 Å². The van der Waals surface area contributed by atoms with E-state index in [0.29, 0.717) is 0 Å². The molecule has 1 aliphatic carbocycles. The first-order valence-corrected chi connectivity index (χ1v) is 6.85. The molecule has 0 spiro atoms. The molecule has 2 nitrogen and oxygen atoms in total. The molecule has 1 aliphatic rings. The van der Waals surface area contributed by atoms with E-state index in [9.17, 15) is 0 Å². The average Bonchev–Trinajstić information content (AvgIpc) is 2.65. The lowest BCUT2D eigenvalue weighted by Gasteiger charge is -2.13. The lowest BCUT2D eigenvalue weighted by molar-refractivity contribution is -0.705. The quantitative estimate of drug-likeness (QED) is 0.796. The fourth-order valence-electron chi connectivity index (χ4n) is 2.65. The molecule has 0 bridgehead atoms. The topological polar surface area (TPSA) is 25.8 Å². The van der Waals surface area contributed by atoms with Crippen LogP contribution in [0, 0.1) is 0 Å². The third kappa shape index (κ3) is 4.04. The van der Waals surface area contributed by atoms with Gasteiger partial charge in [0, 0.05) is 5.56 Å². The zero-order chi connectivity index (χ0) is 11.9. The van der Waals surface area contributed by atoms with Crippen molar-refractivity contribution in [2.24, 2.45) is 0 Å². The Hall–Kier alpha value is -1.02. The fourth-order valence-corrected chi connectivity index (χ4v) is 2.65. The van der Waals surface area contributed by atoms with E-state index in [1.54, 1.807) is 7.11 Å². The number of quaternary nitrogens is 1. The van der Waals surface area contributed by atoms with Gasteiger partial charge in [0.1, 0.15) is 12.3 Å². The van der Waals surface area contributed by atoms with Crippen LogP contribution in [-0.2, 0) is 6.54 Å². The second-order valence-corrected chi connectivity index (χ2v) is 5.04. The summed E-state index contributed by atoms with van der Waals surface area (Å²) in [6, 6.07) is 9.26. The van der Waals surface area contributed by atoms with E-state index in [0.717, 1.165) is 18.3 Å². The Kier molecular flexibility index (Phi) is 4.87. The zero-order valence-electron chi connectivity index (χ0n) is 10.8. The summed E-state index contributed by atoms with van der Waals surface area (Å²) in [5.41, 5.74) is 1.37. The van der Waals surface area contributed by atoms with Crippen LogP contribution in [0.25, 0.3) is 0 Å². The van der Waals surface area contributed by atoms with Gasteiger partial charge in [0.25, 0.3) is 0 Å². The molecule has 1 saturated carbocycles. The Morgan fingerprint density at radius 2 is 1.94 bits per heavy atom. The first-order valence-electron chi connectivity index (χ1n) is 6.85. The summed E-state index contributed by atoms with van der Waals surface area (Å²) < 4.78 is 5.25. The van der Waals surface area contributed by atoms with E-state index < -0.39 is 0 Å². The maximum Gasteiger partial charge on any atom is 0.119 e. The number of benzene rings is 1. The van der Waals surface area contributed by atoms with Gasteiger partial charge >= 0.3 is 0 Å². The highest BCUT2D eigenvalue weighted by molar-refractivity contribution is 5.27. The van der Waals surface area contributed by atoms with E-state index >= 15 is 0 Å². The average molecular weight is 234 g/mol. The minimum Gasteiger partial charge on any atom is -0.497 e. The van der Waals surface area contributed by atoms with Gasteiger partial charge in [-0.15, -0.1) is 0 Å². The Morgan fingerprint density at radius 1 is 1.18 bits per heavy atom. The highest BCUT2D eigenvalue weighted by atomic mass is 16.5. The van der Waals surface area contributed by atoms with Crippen LogP contribution in [0.3, 0.4) is 0 Å². The lowest BCUT2D eigenvalue weighted by Crippen LogP contribution is -2.88. The Morgan fingerprint density at radius 3 is 2.65 bits per heavy atom. The van der Waals surface area contributed by atoms with Crippen molar-refractivity contribution in [3.05, 3.63) is 29.8 Å². The summed E-state index contributed by atoms with van der Waals surface area (Å²) in [4.78, 5) is 0. The second kappa shape index (κ2) is 6.65. The number of hydrogen-bond acceptors (Lipinski definition) is 1. The molecule has 0 saturated heterocycles. The Balaban J connectivity index is 1.83. The van der Waals surface area contributed by atoms with Crippen molar-refractivity contribution in [3.8, 4) is 5.75 Å². The molecular formula is C15H24NO+. The Bertz CT molecular complexity index is 329. The van der Waals surface area contributed by atoms with Crippen molar-refractivity contribution in [2.75, 3.05) is 7.11 Å². The predicted molar refractivity (Wildman–Crippen MR) is 70.1 cm³/mol. The molecule has 1 aromatic carbocycles. The molecule has 0 amide bonds. The molecule has 1 aromatic rings. The van der Waals surface area contributed by atoms with Crippen LogP contribution in [0.15, 0.2) is 24.3 Å². The van der Waals surface area contributed by atoms with Crippen molar-refractivity contribution >= 4 is 0 Å². The molecule has 2 heteroatoms. The lowest BCUT2D eigenvalue weighted by atomic mass is 10.1. The standard InChI is InChI=1S/C15H23NO/c1-17-15-10-6-7-13(11-15)12-16-14-8-4-2-3-5-9-14/h6-7,10-11,14,16H,2-5,8-9,12H2,1H3/p+1. The van der Waals surface area contributed by atoms with Gasteiger partial charge in [0.2, 0.25) is 0 Å². The van der Waals surface area contributed by atoms with Crippen LogP contribution in [0.2, 0.25) is 0 Å². The number of methoxy groups -OCH3 is 1. The van der Waals surface area contributed by atoms with Gasteiger partial charge in [-0.1, -0.05) is 25.0 Å². The first kappa shape index (κ1) is 12.4. The molecule has 0 aliphatic heterocycles. The SMILES string of the molecule is COc1cccc(C[NH2+]C2CCCCCC2)c1.